The third-order valence-electron chi connectivity index (χ3n) is 3.14. The number of nitrogens with one attached hydrogen (secondary N) is 1. The second kappa shape index (κ2) is 6.79. The minimum atomic E-state index is -0.0567. The van der Waals surface area contributed by atoms with E-state index in [2.05, 4.69) is 5.32 Å². The number of anilines is 1. The lowest BCUT2D eigenvalue weighted by Gasteiger charge is -2.03. The number of halogens is 2. The number of carbonyl (C=O) groups is 1. The Morgan fingerprint density at radius 3 is 2.29 bits per heavy atom. The largest absolute Gasteiger partial charge is 0.361 e. The fourth-order valence-corrected chi connectivity index (χ4v) is 2.37. The van der Waals surface area contributed by atoms with E-state index in [1.165, 1.54) is 11.6 Å². The monoisotopic (exact) mass is 319 g/mol. The maximum Gasteiger partial charge on any atom is 0.187 e. The summed E-state index contributed by atoms with van der Waals surface area (Å²) in [6, 6.07) is 10.8. The summed E-state index contributed by atoms with van der Waals surface area (Å²) in [4.78, 5) is 12.1. The highest BCUT2D eigenvalue weighted by atomic mass is 35.5. The van der Waals surface area contributed by atoms with Gasteiger partial charge in [0.1, 0.15) is 0 Å². The van der Waals surface area contributed by atoms with Crippen LogP contribution < -0.4 is 5.32 Å². The van der Waals surface area contributed by atoms with E-state index in [1.54, 1.807) is 24.4 Å². The molecule has 0 aliphatic carbocycles. The van der Waals surface area contributed by atoms with E-state index in [-0.39, 0.29) is 5.78 Å². The quantitative estimate of drug-likeness (QED) is 0.602. The fraction of sp³-hybridized carbons (Fsp3) is 0.118. The van der Waals surface area contributed by atoms with Crippen LogP contribution in [0.4, 0.5) is 5.69 Å². The normalized spacial score (nSPS) is 10.9. The first-order chi connectivity index (χ1) is 9.95. The highest BCUT2D eigenvalue weighted by molar-refractivity contribution is 6.35. The van der Waals surface area contributed by atoms with Crippen LogP contribution in [0.25, 0.3) is 0 Å². The standard InChI is InChI=1S/C17H15Cl2NO/c1-11-3-4-13(7-12(11)2)17(21)5-6-20-16-9-14(18)8-15(19)10-16/h3-10,20H,1-2H3. The molecule has 0 aromatic heterocycles. The molecule has 0 bridgehead atoms. The summed E-state index contributed by atoms with van der Waals surface area (Å²) in [6.45, 7) is 4.01. The van der Waals surface area contributed by atoms with Crippen LogP contribution in [0.5, 0.6) is 0 Å². The fourth-order valence-electron chi connectivity index (χ4n) is 1.84. The summed E-state index contributed by atoms with van der Waals surface area (Å²) in [5, 5.41) is 4.06. The van der Waals surface area contributed by atoms with Gasteiger partial charge in [-0.05, 0) is 49.2 Å². The molecule has 108 valence electrons. The SMILES string of the molecule is Cc1ccc(C(=O)C=CNc2cc(Cl)cc(Cl)c2)cc1C. The Morgan fingerprint density at radius 1 is 1.00 bits per heavy atom. The van der Waals surface area contributed by atoms with Crippen molar-refractivity contribution in [3.63, 3.8) is 0 Å². The van der Waals surface area contributed by atoms with Gasteiger partial charge in [-0.1, -0.05) is 35.3 Å². The van der Waals surface area contributed by atoms with Gasteiger partial charge in [-0.3, -0.25) is 4.79 Å². The number of aryl methyl sites for hydroxylation is 2. The van der Waals surface area contributed by atoms with E-state index < -0.39 is 0 Å². The topological polar surface area (TPSA) is 29.1 Å². The average molecular weight is 320 g/mol. The van der Waals surface area contributed by atoms with Crippen LogP contribution in [0.2, 0.25) is 10.0 Å². The molecule has 2 nitrogen and oxygen atoms in total. The Morgan fingerprint density at radius 2 is 1.67 bits per heavy atom. The van der Waals surface area contributed by atoms with Gasteiger partial charge in [-0.15, -0.1) is 0 Å². The van der Waals surface area contributed by atoms with Crippen LogP contribution in [0.1, 0.15) is 21.5 Å². The molecule has 0 radical (unpaired) electrons. The van der Waals surface area contributed by atoms with Crippen LogP contribution in [-0.2, 0) is 0 Å². The van der Waals surface area contributed by atoms with E-state index in [1.807, 2.05) is 32.0 Å². The van der Waals surface area contributed by atoms with E-state index >= 15 is 0 Å². The van der Waals surface area contributed by atoms with Gasteiger partial charge < -0.3 is 5.32 Å². The summed E-state index contributed by atoms with van der Waals surface area (Å²) >= 11 is 11.8. The van der Waals surface area contributed by atoms with Crippen LogP contribution >= 0.6 is 23.2 Å². The van der Waals surface area contributed by atoms with Gasteiger partial charge in [0, 0.05) is 33.6 Å². The Labute approximate surface area is 134 Å². The van der Waals surface area contributed by atoms with Crippen LogP contribution in [-0.4, -0.2) is 5.78 Å². The maximum absolute atomic E-state index is 12.1. The first-order valence-corrected chi connectivity index (χ1v) is 7.22. The third kappa shape index (κ3) is 4.35. The predicted octanol–water partition coefficient (Wildman–Crippen LogP) is 5.42. The number of ketones is 1. The zero-order valence-corrected chi connectivity index (χ0v) is 13.3. The lowest BCUT2D eigenvalue weighted by atomic mass is 10.0. The predicted molar refractivity (Wildman–Crippen MR) is 89.5 cm³/mol. The molecular formula is C17H15Cl2NO. The smallest absolute Gasteiger partial charge is 0.187 e. The molecule has 0 amide bonds. The molecule has 0 saturated carbocycles. The minimum Gasteiger partial charge on any atom is -0.361 e. The molecule has 0 spiro atoms. The highest BCUT2D eigenvalue weighted by Gasteiger charge is 2.03. The summed E-state index contributed by atoms with van der Waals surface area (Å²) < 4.78 is 0. The summed E-state index contributed by atoms with van der Waals surface area (Å²) in [6.07, 6.45) is 3.07. The van der Waals surface area contributed by atoms with Crippen LogP contribution in [0.15, 0.2) is 48.7 Å². The van der Waals surface area contributed by atoms with Gasteiger partial charge in [0.15, 0.2) is 5.78 Å². The third-order valence-corrected chi connectivity index (χ3v) is 3.58. The van der Waals surface area contributed by atoms with Crippen LogP contribution in [0, 0.1) is 13.8 Å². The molecule has 0 aliphatic rings. The molecular weight excluding hydrogens is 305 g/mol. The lowest BCUT2D eigenvalue weighted by molar-refractivity contribution is 0.104. The molecule has 2 aromatic carbocycles. The van der Waals surface area contributed by atoms with Gasteiger partial charge >= 0.3 is 0 Å². The van der Waals surface area contributed by atoms with Crippen LogP contribution in [0.3, 0.4) is 0 Å². The van der Waals surface area contributed by atoms with Gasteiger partial charge in [0.05, 0.1) is 0 Å². The van der Waals surface area contributed by atoms with Gasteiger partial charge in [-0.2, -0.15) is 0 Å². The zero-order chi connectivity index (χ0) is 15.4. The second-order valence-corrected chi connectivity index (χ2v) is 5.67. The lowest BCUT2D eigenvalue weighted by Crippen LogP contribution is -1.97. The van der Waals surface area contributed by atoms with Gasteiger partial charge in [0.25, 0.3) is 0 Å². The minimum absolute atomic E-state index is 0.0567. The van der Waals surface area contributed by atoms with E-state index in [0.29, 0.717) is 15.6 Å². The number of rotatable bonds is 4. The molecule has 0 saturated heterocycles. The molecule has 0 unspecified atom stereocenters. The first-order valence-electron chi connectivity index (χ1n) is 6.46. The van der Waals surface area contributed by atoms with Crippen molar-refractivity contribution in [3.8, 4) is 0 Å². The van der Waals surface area contributed by atoms with Crippen molar-refractivity contribution < 1.29 is 4.79 Å². The number of hydrogen-bond donors (Lipinski definition) is 1. The summed E-state index contributed by atoms with van der Waals surface area (Å²) in [5.41, 5.74) is 3.67. The molecule has 2 rings (SSSR count). The zero-order valence-electron chi connectivity index (χ0n) is 11.8. The van der Waals surface area contributed by atoms with Crippen molar-refractivity contribution in [2.24, 2.45) is 0 Å². The van der Waals surface area contributed by atoms with Gasteiger partial charge in [-0.25, -0.2) is 0 Å². The van der Waals surface area contributed by atoms with Crippen molar-refractivity contribution >= 4 is 34.7 Å². The number of hydrogen-bond acceptors (Lipinski definition) is 2. The maximum atomic E-state index is 12.1. The van der Waals surface area contributed by atoms with Crippen molar-refractivity contribution in [1.82, 2.24) is 0 Å². The average Bonchev–Trinajstić information content (AvgIpc) is 2.40. The molecule has 0 atom stereocenters. The molecule has 0 fully saturated rings. The molecule has 2 aromatic rings. The Kier molecular flexibility index (Phi) is 5.05. The second-order valence-electron chi connectivity index (χ2n) is 4.80. The molecule has 21 heavy (non-hydrogen) atoms. The first kappa shape index (κ1) is 15.6. The Balaban J connectivity index is 2.06. The number of benzene rings is 2. The van der Waals surface area contributed by atoms with E-state index in [0.717, 1.165) is 11.3 Å². The number of carbonyl (C=O) groups excluding carboxylic acids is 1. The highest BCUT2D eigenvalue weighted by Crippen LogP contribution is 2.22. The summed E-state index contributed by atoms with van der Waals surface area (Å²) in [7, 11) is 0. The van der Waals surface area contributed by atoms with E-state index in [9.17, 15) is 4.79 Å². The molecule has 0 aliphatic heterocycles. The van der Waals surface area contributed by atoms with Crippen molar-refractivity contribution in [1.29, 1.82) is 0 Å². The molecule has 1 N–H and O–H groups in total. The Bertz CT molecular complexity index is 688. The molecule has 4 heteroatoms. The molecule has 0 heterocycles. The van der Waals surface area contributed by atoms with E-state index in [4.69, 9.17) is 23.2 Å². The Hall–Kier alpha value is -1.77. The summed E-state index contributed by atoms with van der Waals surface area (Å²) in [5.74, 6) is -0.0567. The number of allylic oxidation sites excluding steroid dienone is 1. The van der Waals surface area contributed by atoms with Crippen molar-refractivity contribution in [2.45, 2.75) is 13.8 Å². The van der Waals surface area contributed by atoms with Crippen molar-refractivity contribution in [3.05, 3.63) is 75.4 Å². The van der Waals surface area contributed by atoms with Gasteiger partial charge in [0.2, 0.25) is 0 Å². The van der Waals surface area contributed by atoms with Crippen molar-refractivity contribution in [2.75, 3.05) is 5.32 Å².